The summed E-state index contributed by atoms with van der Waals surface area (Å²) >= 11 is 0. The Bertz CT molecular complexity index is 456. The van der Waals surface area contributed by atoms with Crippen LogP contribution >= 0.6 is 0 Å². The lowest BCUT2D eigenvalue weighted by Gasteiger charge is -2.26. The zero-order valence-corrected chi connectivity index (χ0v) is 10.9. The first-order valence-electron chi connectivity index (χ1n) is 6.41. The fourth-order valence-electron chi connectivity index (χ4n) is 2.54. The third-order valence-electron chi connectivity index (χ3n) is 3.73. The third kappa shape index (κ3) is 2.40. The van der Waals surface area contributed by atoms with E-state index in [0.717, 1.165) is 16.8 Å². The van der Waals surface area contributed by atoms with E-state index in [1.807, 2.05) is 18.2 Å². The van der Waals surface area contributed by atoms with Gasteiger partial charge in [-0.1, -0.05) is 26.0 Å². The smallest absolute Gasteiger partial charge is 0.228 e. The number of hydrogen-bond donors (Lipinski definition) is 3. The fraction of sp³-hybridized carbons (Fsp3) is 0.500. The van der Waals surface area contributed by atoms with Crippen molar-refractivity contribution in [3.63, 3.8) is 0 Å². The fourth-order valence-corrected chi connectivity index (χ4v) is 2.54. The summed E-state index contributed by atoms with van der Waals surface area (Å²) in [4.78, 5) is 11.3. The summed E-state index contributed by atoms with van der Waals surface area (Å²) in [7, 11) is 0. The highest BCUT2D eigenvalue weighted by molar-refractivity contribution is 5.99. The second-order valence-corrected chi connectivity index (χ2v) is 5.31. The second-order valence-electron chi connectivity index (χ2n) is 5.31. The average Bonchev–Trinajstić information content (AvgIpc) is 2.68. The summed E-state index contributed by atoms with van der Waals surface area (Å²) in [5, 5.41) is 2.83. The van der Waals surface area contributed by atoms with Crippen molar-refractivity contribution >= 4 is 11.6 Å². The van der Waals surface area contributed by atoms with Crippen LogP contribution in [-0.2, 0) is 11.2 Å². The van der Waals surface area contributed by atoms with Gasteiger partial charge in [-0.15, -0.1) is 0 Å². The van der Waals surface area contributed by atoms with Gasteiger partial charge in [0.25, 0.3) is 0 Å². The number of nitrogens with one attached hydrogen (secondary N) is 1. The van der Waals surface area contributed by atoms with Gasteiger partial charge in [-0.25, -0.2) is 0 Å². The Kier molecular flexibility index (Phi) is 3.68. The van der Waals surface area contributed by atoms with Crippen molar-refractivity contribution < 1.29 is 4.79 Å². The van der Waals surface area contributed by atoms with Crippen molar-refractivity contribution in [2.24, 2.45) is 23.3 Å². The number of carbonyl (C=O) groups is 1. The first-order valence-corrected chi connectivity index (χ1v) is 6.41. The van der Waals surface area contributed by atoms with E-state index in [1.165, 1.54) is 0 Å². The van der Waals surface area contributed by atoms with Crippen molar-refractivity contribution in [3.05, 3.63) is 29.3 Å². The number of nitrogens with two attached hydrogens (primary N) is 2. The third-order valence-corrected chi connectivity index (χ3v) is 3.73. The molecule has 0 aromatic heterocycles. The summed E-state index contributed by atoms with van der Waals surface area (Å²) in [6, 6.07) is 5.88. The van der Waals surface area contributed by atoms with Crippen molar-refractivity contribution in [2.75, 3.05) is 11.9 Å². The summed E-state index contributed by atoms with van der Waals surface area (Å²) in [6.07, 6.45) is 0.449. The number of amides is 1. The van der Waals surface area contributed by atoms with Crippen LogP contribution in [0.1, 0.15) is 31.0 Å². The molecule has 0 saturated heterocycles. The van der Waals surface area contributed by atoms with E-state index in [1.54, 1.807) is 0 Å². The standard InChI is InChI=1S/C14H21N3O/c1-8(2)11(7-15)14(16)9-3-4-12-10(5-9)6-13(18)17-12/h3-5,8,11,14H,6-7,15-16H2,1-2H3,(H,17,18). The van der Waals surface area contributed by atoms with E-state index in [0.29, 0.717) is 18.9 Å². The number of fused-ring (bicyclic) bond motifs is 1. The van der Waals surface area contributed by atoms with Gasteiger partial charge in [0.15, 0.2) is 0 Å². The number of rotatable bonds is 4. The first kappa shape index (κ1) is 13.1. The lowest BCUT2D eigenvalue weighted by molar-refractivity contribution is -0.115. The van der Waals surface area contributed by atoms with Gasteiger partial charge in [0.1, 0.15) is 0 Å². The molecule has 2 atom stereocenters. The maximum absolute atomic E-state index is 11.3. The van der Waals surface area contributed by atoms with E-state index in [9.17, 15) is 4.79 Å². The molecule has 0 spiro atoms. The van der Waals surface area contributed by atoms with Crippen LogP contribution in [-0.4, -0.2) is 12.5 Å². The van der Waals surface area contributed by atoms with Gasteiger partial charge in [-0.3, -0.25) is 4.79 Å². The average molecular weight is 247 g/mol. The largest absolute Gasteiger partial charge is 0.330 e. The molecular formula is C14H21N3O. The number of anilines is 1. The number of carbonyl (C=O) groups excluding carboxylic acids is 1. The van der Waals surface area contributed by atoms with Gasteiger partial charge < -0.3 is 16.8 Å². The van der Waals surface area contributed by atoms with Gasteiger partial charge in [0, 0.05) is 11.7 Å². The molecule has 5 N–H and O–H groups in total. The summed E-state index contributed by atoms with van der Waals surface area (Å²) in [5.74, 6) is 0.751. The molecule has 1 amide bonds. The van der Waals surface area contributed by atoms with Crippen molar-refractivity contribution in [3.8, 4) is 0 Å². The molecule has 4 heteroatoms. The first-order chi connectivity index (χ1) is 8.52. The van der Waals surface area contributed by atoms with Crippen LogP contribution in [0.5, 0.6) is 0 Å². The van der Waals surface area contributed by atoms with E-state index in [2.05, 4.69) is 19.2 Å². The molecule has 1 aliphatic heterocycles. The maximum Gasteiger partial charge on any atom is 0.228 e. The number of hydrogen-bond acceptors (Lipinski definition) is 3. The highest BCUT2D eigenvalue weighted by Gasteiger charge is 2.24. The van der Waals surface area contributed by atoms with Crippen LogP contribution in [0.4, 0.5) is 5.69 Å². The quantitative estimate of drug-likeness (QED) is 0.752. The van der Waals surface area contributed by atoms with Gasteiger partial charge in [0.05, 0.1) is 6.42 Å². The number of benzene rings is 1. The van der Waals surface area contributed by atoms with Crippen molar-refractivity contribution in [1.29, 1.82) is 0 Å². The van der Waals surface area contributed by atoms with Gasteiger partial charge in [-0.05, 0) is 35.6 Å². The molecule has 0 aliphatic carbocycles. The Morgan fingerprint density at radius 2 is 2.11 bits per heavy atom. The molecule has 18 heavy (non-hydrogen) atoms. The monoisotopic (exact) mass is 247 g/mol. The van der Waals surface area contributed by atoms with Crippen molar-refractivity contribution in [1.82, 2.24) is 0 Å². The lowest BCUT2D eigenvalue weighted by Crippen LogP contribution is -2.31. The van der Waals surface area contributed by atoms with Crippen LogP contribution in [0.3, 0.4) is 0 Å². The topological polar surface area (TPSA) is 81.1 Å². The summed E-state index contributed by atoms with van der Waals surface area (Å²) < 4.78 is 0. The van der Waals surface area contributed by atoms with Crippen LogP contribution in [0.15, 0.2) is 18.2 Å². The Morgan fingerprint density at radius 3 is 2.72 bits per heavy atom. The zero-order valence-electron chi connectivity index (χ0n) is 10.9. The molecular weight excluding hydrogens is 226 g/mol. The Hall–Kier alpha value is -1.39. The predicted molar refractivity (Wildman–Crippen MR) is 73.1 cm³/mol. The molecule has 0 fully saturated rings. The maximum atomic E-state index is 11.3. The molecule has 2 unspecified atom stereocenters. The molecule has 0 saturated carbocycles. The van der Waals surface area contributed by atoms with E-state index >= 15 is 0 Å². The van der Waals surface area contributed by atoms with Gasteiger partial charge in [0.2, 0.25) is 5.91 Å². The van der Waals surface area contributed by atoms with Gasteiger partial charge in [-0.2, -0.15) is 0 Å². The van der Waals surface area contributed by atoms with Crippen LogP contribution in [0.25, 0.3) is 0 Å². The summed E-state index contributed by atoms with van der Waals surface area (Å²) in [5.41, 5.74) is 15.1. The second kappa shape index (κ2) is 5.08. The van der Waals surface area contributed by atoms with E-state index in [4.69, 9.17) is 11.5 Å². The Balaban J connectivity index is 2.24. The van der Waals surface area contributed by atoms with Crippen LogP contribution in [0, 0.1) is 11.8 Å². The lowest BCUT2D eigenvalue weighted by atomic mass is 9.84. The molecule has 0 bridgehead atoms. The molecule has 98 valence electrons. The van der Waals surface area contributed by atoms with Gasteiger partial charge >= 0.3 is 0 Å². The minimum absolute atomic E-state index is 0.0509. The molecule has 1 heterocycles. The molecule has 4 nitrogen and oxygen atoms in total. The molecule has 1 aliphatic rings. The SMILES string of the molecule is CC(C)C(CN)C(N)c1ccc2c(c1)CC(=O)N2. The van der Waals surface area contributed by atoms with Crippen molar-refractivity contribution in [2.45, 2.75) is 26.3 Å². The van der Waals surface area contributed by atoms with Crippen LogP contribution in [0.2, 0.25) is 0 Å². The minimum Gasteiger partial charge on any atom is -0.330 e. The predicted octanol–water partition coefficient (Wildman–Crippen LogP) is 1.41. The zero-order chi connectivity index (χ0) is 13.3. The normalized spacial score (nSPS) is 17.5. The van der Waals surface area contributed by atoms with E-state index < -0.39 is 0 Å². The molecule has 1 aromatic carbocycles. The Labute approximate surface area is 108 Å². The van der Waals surface area contributed by atoms with E-state index in [-0.39, 0.29) is 17.9 Å². The molecule has 1 aromatic rings. The molecule has 2 rings (SSSR count). The Morgan fingerprint density at radius 1 is 1.39 bits per heavy atom. The minimum atomic E-state index is -0.0731. The highest BCUT2D eigenvalue weighted by Crippen LogP contribution is 2.30. The summed E-state index contributed by atoms with van der Waals surface area (Å²) in [6.45, 7) is 4.85. The highest BCUT2D eigenvalue weighted by atomic mass is 16.1. The molecule has 0 radical (unpaired) electrons. The van der Waals surface area contributed by atoms with Crippen LogP contribution < -0.4 is 16.8 Å².